The van der Waals surface area contributed by atoms with Gasteiger partial charge in [0.05, 0.1) is 12.7 Å². The molecule has 1 N–H and O–H groups in total. The lowest BCUT2D eigenvalue weighted by Crippen LogP contribution is -2.40. The van der Waals surface area contributed by atoms with E-state index in [0.717, 1.165) is 12.8 Å². The zero-order valence-electron chi connectivity index (χ0n) is 10.1. The lowest BCUT2D eigenvalue weighted by atomic mass is 10.1. The van der Waals surface area contributed by atoms with Crippen molar-refractivity contribution in [2.24, 2.45) is 0 Å². The topological polar surface area (TPSA) is 49.8 Å². The fourth-order valence-corrected chi connectivity index (χ4v) is 1.94. The van der Waals surface area contributed by atoms with Crippen LogP contribution >= 0.6 is 0 Å². The van der Waals surface area contributed by atoms with E-state index in [2.05, 4.69) is 0 Å². The van der Waals surface area contributed by atoms with Crippen LogP contribution in [0.15, 0.2) is 0 Å². The molecule has 0 saturated carbocycles. The van der Waals surface area contributed by atoms with Crippen molar-refractivity contribution in [2.75, 3.05) is 26.3 Å². The van der Waals surface area contributed by atoms with Gasteiger partial charge in [0.15, 0.2) is 0 Å². The summed E-state index contributed by atoms with van der Waals surface area (Å²) < 4.78 is 42.0. The average Bonchev–Trinajstić information content (AvgIpc) is 2.76. The molecule has 0 bridgehead atoms. The molecule has 0 aromatic carbocycles. The number of carbonyl (C=O) groups excluding carboxylic acids is 1. The van der Waals surface area contributed by atoms with Crippen LogP contribution in [-0.4, -0.2) is 54.5 Å². The smallest absolute Gasteiger partial charge is 0.395 e. The summed E-state index contributed by atoms with van der Waals surface area (Å²) in [7, 11) is 0. The number of amides is 1. The van der Waals surface area contributed by atoms with Crippen molar-refractivity contribution in [2.45, 2.75) is 38.0 Å². The van der Waals surface area contributed by atoms with E-state index < -0.39 is 25.2 Å². The second-order valence-electron chi connectivity index (χ2n) is 4.33. The molecule has 18 heavy (non-hydrogen) atoms. The lowest BCUT2D eigenvalue weighted by molar-refractivity contribution is -0.162. The maximum atomic E-state index is 12.2. The number of halogens is 3. The van der Waals surface area contributed by atoms with E-state index in [-0.39, 0.29) is 19.1 Å². The molecule has 0 radical (unpaired) electrons. The molecule has 1 aliphatic heterocycles. The highest BCUT2D eigenvalue weighted by Crippen LogP contribution is 2.20. The van der Waals surface area contributed by atoms with Gasteiger partial charge in [-0.1, -0.05) is 0 Å². The molecule has 7 heteroatoms. The van der Waals surface area contributed by atoms with Gasteiger partial charge in [-0.05, 0) is 19.3 Å². The number of hydrogen-bond acceptors (Lipinski definition) is 3. The van der Waals surface area contributed by atoms with Crippen LogP contribution in [0.5, 0.6) is 0 Å². The second kappa shape index (κ2) is 6.94. The molecule has 1 amide bonds. The van der Waals surface area contributed by atoms with Gasteiger partial charge in [0.25, 0.3) is 0 Å². The second-order valence-corrected chi connectivity index (χ2v) is 4.33. The number of nitrogens with zero attached hydrogens (tertiary/aromatic N) is 1. The molecule has 0 aromatic rings. The van der Waals surface area contributed by atoms with Gasteiger partial charge >= 0.3 is 6.18 Å². The van der Waals surface area contributed by atoms with Crippen LogP contribution < -0.4 is 0 Å². The Morgan fingerprint density at radius 3 is 2.67 bits per heavy atom. The van der Waals surface area contributed by atoms with Crippen LogP contribution in [0, 0.1) is 0 Å². The minimum absolute atomic E-state index is 0.0178. The number of carbonyl (C=O) groups is 1. The number of aliphatic hydroxyl groups is 1. The Kier molecular flexibility index (Phi) is 5.87. The fourth-order valence-electron chi connectivity index (χ4n) is 1.94. The van der Waals surface area contributed by atoms with Crippen molar-refractivity contribution < 1.29 is 27.8 Å². The van der Waals surface area contributed by atoms with E-state index in [1.165, 1.54) is 0 Å². The minimum Gasteiger partial charge on any atom is -0.395 e. The van der Waals surface area contributed by atoms with Crippen LogP contribution in [0.2, 0.25) is 0 Å². The summed E-state index contributed by atoms with van der Waals surface area (Å²) in [6, 6.07) is 0. The molecule has 1 atom stereocenters. The molecule has 1 rings (SSSR count). The standard InChI is InChI=1S/C11H18F3NO3/c12-11(13,14)8-15(5-6-16)10(17)4-3-9-2-1-7-18-9/h9,16H,1-8H2. The first kappa shape index (κ1) is 15.2. The summed E-state index contributed by atoms with van der Waals surface area (Å²) >= 11 is 0. The van der Waals surface area contributed by atoms with Crippen molar-refractivity contribution in [1.29, 1.82) is 0 Å². The van der Waals surface area contributed by atoms with Crippen molar-refractivity contribution in [3.63, 3.8) is 0 Å². The molecule has 1 fully saturated rings. The number of rotatable bonds is 6. The summed E-state index contributed by atoms with van der Waals surface area (Å²) in [4.78, 5) is 12.3. The van der Waals surface area contributed by atoms with E-state index >= 15 is 0 Å². The third-order valence-corrected chi connectivity index (χ3v) is 2.80. The van der Waals surface area contributed by atoms with Gasteiger partial charge in [-0.2, -0.15) is 13.2 Å². The van der Waals surface area contributed by atoms with Gasteiger partial charge in [0.1, 0.15) is 6.54 Å². The fraction of sp³-hybridized carbons (Fsp3) is 0.909. The van der Waals surface area contributed by atoms with Crippen LogP contribution in [0.3, 0.4) is 0 Å². The summed E-state index contributed by atoms with van der Waals surface area (Å²) in [6.45, 7) is -1.41. The first-order chi connectivity index (χ1) is 8.42. The molecule has 1 aliphatic rings. The van der Waals surface area contributed by atoms with Gasteiger partial charge < -0.3 is 14.7 Å². The van der Waals surface area contributed by atoms with Crippen molar-refractivity contribution in [1.82, 2.24) is 4.90 Å². The maximum absolute atomic E-state index is 12.2. The maximum Gasteiger partial charge on any atom is 0.406 e. The quantitative estimate of drug-likeness (QED) is 0.791. The Labute approximate surface area is 104 Å². The SMILES string of the molecule is O=C(CCC1CCCO1)N(CCO)CC(F)(F)F. The van der Waals surface area contributed by atoms with Crippen LogP contribution in [0.1, 0.15) is 25.7 Å². The Morgan fingerprint density at radius 2 is 2.17 bits per heavy atom. The van der Waals surface area contributed by atoms with Gasteiger partial charge in [-0.25, -0.2) is 0 Å². The summed E-state index contributed by atoms with van der Waals surface area (Å²) in [5.74, 6) is -0.586. The molecule has 0 aliphatic carbocycles. The molecule has 1 heterocycles. The molecule has 4 nitrogen and oxygen atoms in total. The monoisotopic (exact) mass is 269 g/mol. The highest BCUT2D eigenvalue weighted by atomic mass is 19.4. The number of ether oxygens (including phenoxy) is 1. The molecular formula is C11H18F3NO3. The molecule has 0 spiro atoms. The lowest BCUT2D eigenvalue weighted by Gasteiger charge is -2.23. The normalized spacial score (nSPS) is 20.1. The van der Waals surface area contributed by atoms with Crippen molar-refractivity contribution >= 4 is 5.91 Å². The van der Waals surface area contributed by atoms with Crippen molar-refractivity contribution in [3.8, 4) is 0 Å². The largest absolute Gasteiger partial charge is 0.406 e. The van der Waals surface area contributed by atoms with E-state index in [1.54, 1.807) is 0 Å². The van der Waals surface area contributed by atoms with Gasteiger partial charge in [0, 0.05) is 19.6 Å². The predicted molar refractivity (Wildman–Crippen MR) is 57.9 cm³/mol. The summed E-state index contributed by atoms with van der Waals surface area (Å²) in [6.07, 6.45) is -2.20. The summed E-state index contributed by atoms with van der Waals surface area (Å²) in [5, 5.41) is 8.68. The number of alkyl halides is 3. The Balaban J connectivity index is 2.38. The first-order valence-corrected chi connectivity index (χ1v) is 5.99. The van der Waals surface area contributed by atoms with Crippen LogP contribution in [0.25, 0.3) is 0 Å². The van der Waals surface area contributed by atoms with Crippen molar-refractivity contribution in [3.05, 3.63) is 0 Å². The molecule has 0 aromatic heterocycles. The zero-order chi connectivity index (χ0) is 13.6. The Hall–Kier alpha value is -0.820. The molecule has 1 unspecified atom stereocenters. The molecular weight excluding hydrogens is 251 g/mol. The third-order valence-electron chi connectivity index (χ3n) is 2.80. The number of aliphatic hydroxyl groups excluding tert-OH is 1. The van der Waals surface area contributed by atoms with Gasteiger partial charge in [0.2, 0.25) is 5.91 Å². The summed E-state index contributed by atoms with van der Waals surface area (Å²) in [5.41, 5.74) is 0. The van der Waals surface area contributed by atoms with Crippen LogP contribution in [-0.2, 0) is 9.53 Å². The van der Waals surface area contributed by atoms with E-state index in [9.17, 15) is 18.0 Å². The van der Waals surface area contributed by atoms with Crippen LogP contribution in [0.4, 0.5) is 13.2 Å². The Bertz CT molecular complexity index is 265. The van der Waals surface area contributed by atoms with E-state index in [1.807, 2.05) is 0 Å². The van der Waals surface area contributed by atoms with E-state index in [0.29, 0.717) is 17.9 Å². The predicted octanol–water partition coefficient (Wildman–Crippen LogP) is 1.33. The van der Waals surface area contributed by atoms with Gasteiger partial charge in [-0.3, -0.25) is 4.79 Å². The first-order valence-electron chi connectivity index (χ1n) is 5.99. The van der Waals surface area contributed by atoms with E-state index in [4.69, 9.17) is 9.84 Å². The average molecular weight is 269 g/mol. The minimum atomic E-state index is -4.44. The Morgan fingerprint density at radius 1 is 1.44 bits per heavy atom. The highest BCUT2D eigenvalue weighted by Gasteiger charge is 2.32. The van der Waals surface area contributed by atoms with Gasteiger partial charge in [-0.15, -0.1) is 0 Å². The third kappa shape index (κ3) is 5.68. The number of hydrogen-bond donors (Lipinski definition) is 1. The molecule has 1 saturated heterocycles. The zero-order valence-corrected chi connectivity index (χ0v) is 10.1. The molecule has 106 valence electrons. The highest BCUT2D eigenvalue weighted by molar-refractivity contribution is 5.76.